The number of aromatic nitrogens is 2. The van der Waals surface area contributed by atoms with E-state index >= 15 is 0 Å². The van der Waals surface area contributed by atoms with Gasteiger partial charge in [0.2, 0.25) is 5.91 Å². The smallest absolute Gasteiger partial charge is 0.246 e. The molecule has 2 bridgehead atoms. The molecule has 2 aromatic rings. The van der Waals surface area contributed by atoms with Crippen molar-refractivity contribution in [3.63, 3.8) is 0 Å². The quantitative estimate of drug-likeness (QED) is 0.840. The van der Waals surface area contributed by atoms with Gasteiger partial charge in [0.15, 0.2) is 0 Å². The zero-order chi connectivity index (χ0) is 19.2. The van der Waals surface area contributed by atoms with Gasteiger partial charge in [-0.1, -0.05) is 19.4 Å². The summed E-state index contributed by atoms with van der Waals surface area (Å²) in [4.78, 5) is 11.8. The number of nitrogens with two attached hydrogens (primary N) is 1. The van der Waals surface area contributed by atoms with Gasteiger partial charge in [-0.2, -0.15) is 5.10 Å². The van der Waals surface area contributed by atoms with Gasteiger partial charge in [-0.3, -0.25) is 4.79 Å². The summed E-state index contributed by atoms with van der Waals surface area (Å²) in [6, 6.07) is 5.42. The van der Waals surface area contributed by atoms with E-state index in [9.17, 15) is 13.6 Å². The van der Waals surface area contributed by atoms with Crippen molar-refractivity contribution in [2.24, 2.45) is 5.73 Å². The molecule has 0 unspecified atom stereocenters. The minimum atomic E-state index is -0.686. The highest BCUT2D eigenvalue weighted by atomic mass is 19.1. The lowest BCUT2D eigenvalue weighted by atomic mass is 9.92. The van der Waals surface area contributed by atoms with Crippen molar-refractivity contribution >= 4 is 5.91 Å². The topological polar surface area (TPSA) is 78.1 Å². The van der Waals surface area contributed by atoms with Crippen LogP contribution in [-0.4, -0.2) is 22.2 Å². The van der Waals surface area contributed by atoms with Gasteiger partial charge in [-0.25, -0.2) is 8.78 Å². The average Bonchev–Trinajstić information content (AvgIpc) is 3.18. The minimum absolute atomic E-state index is 0.173. The lowest BCUT2D eigenvalue weighted by Crippen LogP contribution is -2.39. The summed E-state index contributed by atoms with van der Waals surface area (Å²) in [6.45, 7) is 1.96. The van der Waals surface area contributed by atoms with Crippen LogP contribution in [0.3, 0.4) is 0 Å². The lowest BCUT2D eigenvalue weighted by molar-refractivity contribution is -0.147. The largest absolute Gasteiger partial charge is 0.367 e. The van der Waals surface area contributed by atoms with E-state index < -0.39 is 29.2 Å². The normalized spacial score (nSPS) is 24.0. The second kappa shape index (κ2) is 6.64. The van der Waals surface area contributed by atoms with E-state index in [-0.39, 0.29) is 17.2 Å². The highest BCUT2D eigenvalue weighted by Crippen LogP contribution is 2.57. The summed E-state index contributed by atoms with van der Waals surface area (Å²) in [5, 5.41) is 8.36. The number of hydrogen-bond acceptors (Lipinski definition) is 4. The van der Waals surface area contributed by atoms with E-state index in [4.69, 9.17) is 10.5 Å². The van der Waals surface area contributed by atoms with E-state index in [1.807, 2.05) is 6.92 Å². The van der Waals surface area contributed by atoms with Crippen LogP contribution in [-0.2, 0) is 15.1 Å². The molecule has 7 heteroatoms. The van der Waals surface area contributed by atoms with Gasteiger partial charge in [0.1, 0.15) is 23.3 Å². The summed E-state index contributed by atoms with van der Waals surface area (Å²) >= 11 is 0. The highest BCUT2D eigenvalue weighted by Gasteiger charge is 2.53. The van der Waals surface area contributed by atoms with E-state index in [0.29, 0.717) is 18.5 Å². The maximum Gasteiger partial charge on any atom is 0.246 e. The zero-order valence-electron chi connectivity index (χ0n) is 15.0. The Labute approximate surface area is 155 Å². The Morgan fingerprint density at radius 3 is 2.78 bits per heavy atom. The van der Waals surface area contributed by atoms with Crippen molar-refractivity contribution in [3.8, 4) is 11.3 Å². The number of ether oxygens (including phenoxy) is 1. The number of amides is 1. The monoisotopic (exact) mass is 373 g/mol. The summed E-state index contributed by atoms with van der Waals surface area (Å²) in [5.74, 6) is -1.65. The Hall–Kier alpha value is -2.41. The molecule has 5 nitrogen and oxygen atoms in total. The summed E-state index contributed by atoms with van der Waals surface area (Å²) in [7, 11) is 0. The molecule has 2 aliphatic rings. The molecule has 1 heterocycles. The predicted octanol–water partition coefficient (Wildman–Crippen LogP) is 3.57. The average molecular weight is 373 g/mol. The maximum absolute atomic E-state index is 14.1. The zero-order valence-corrected chi connectivity index (χ0v) is 15.0. The Bertz CT molecular complexity index is 885. The first-order valence-corrected chi connectivity index (χ1v) is 9.25. The Balaban J connectivity index is 1.72. The molecule has 1 amide bonds. The second-order valence-corrected chi connectivity index (χ2v) is 7.36. The molecule has 4 rings (SSSR count). The molecular weight excluding hydrogens is 352 g/mol. The molecule has 1 aromatic carbocycles. The van der Waals surface area contributed by atoms with Crippen LogP contribution in [0.5, 0.6) is 0 Å². The molecule has 0 aliphatic heterocycles. The van der Waals surface area contributed by atoms with Crippen LogP contribution in [0.25, 0.3) is 11.3 Å². The molecule has 0 radical (unpaired) electrons. The van der Waals surface area contributed by atoms with Crippen molar-refractivity contribution in [2.45, 2.75) is 56.7 Å². The van der Waals surface area contributed by atoms with Crippen molar-refractivity contribution < 1.29 is 18.3 Å². The molecule has 0 spiro atoms. The summed E-state index contributed by atoms with van der Waals surface area (Å²) in [6.07, 6.45) is 2.94. The number of fused-ring (bicyclic) bond motifs is 5. The summed E-state index contributed by atoms with van der Waals surface area (Å²) in [5.41, 5.74) is 6.38. The number of carbonyl (C=O) groups excluding carboxylic acids is 1. The third kappa shape index (κ3) is 2.90. The maximum atomic E-state index is 14.1. The van der Waals surface area contributed by atoms with Crippen LogP contribution in [0.4, 0.5) is 8.78 Å². The number of halogens is 2. The molecule has 2 aliphatic carbocycles. The van der Waals surface area contributed by atoms with E-state index in [2.05, 4.69) is 10.2 Å². The molecule has 27 heavy (non-hydrogen) atoms. The SMILES string of the molecule is CCC[C@@H](O[C@]12CC[C@H](C1)c1cc(-c3c(F)cccc3F)nnc12)C(N)=O. The molecule has 142 valence electrons. The molecule has 1 saturated carbocycles. The summed E-state index contributed by atoms with van der Waals surface area (Å²) < 4.78 is 34.4. The van der Waals surface area contributed by atoms with E-state index in [1.54, 1.807) is 6.07 Å². The molecule has 1 fully saturated rings. The third-order valence-electron chi connectivity index (χ3n) is 5.62. The number of nitrogens with zero attached hydrogens (tertiary/aromatic N) is 2. The van der Waals surface area contributed by atoms with Crippen molar-refractivity contribution in [1.29, 1.82) is 0 Å². The van der Waals surface area contributed by atoms with Crippen LogP contribution >= 0.6 is 0 Å². The molecule has 1 aromatic heterocycles. The number of hydrogen-bond donors (Lipinski definition) is 1. The molecular formula is C20H21F2N3O2. The van der Waals surface area contributed by atoms with Crippen LogP contribution in [0.1, 0.15) is 56.2 Å². The van der Waals surface area contributed by atoms with Gasteiger partial charge >= 0.3 is 0 Å². The second-order valence-electron chi connectivity index (χ2n) is 7.36. The number of benzene rings is 1. The number of primary amides is 1. The van der Waals surface area contributed by atoms with Gasteiger partial charge in [0.05, 0.1) is 17.0 Å². The van der Waals surface area contributed by atoms with Crippen LogP contribution in [0, 0.1) is 11.6 Å². The van der Waals surface area contributed by atoms with Gasteiger partial charge in [0.25, 0.3) is 0 Å². The van der Waals surface area contributed by atoms with E-state index in [1.165, 1.54) is 18.2 Å². The minimum Gasteiger partial charge on any atom is -0.367 e. The van der Waals surface area contributed by atoms with Crippen molar-refractivity contribution in [3.05, 3.63) is 47.2 Å². The van der Waals surface area contributed by atoms with Gasteiger partial charge in [-0.05, 0) is 55.4 Å². The molecule has 3 atom stereocenters. The molecule has 0 saturated heterocycles. The van der Waals surface area contributed by atoms with Gasteiger partial charge < -0.3 is 10.5 Å². The molecule has 2 N–H and O–H groups in total. The third-order valence-corrected chi connectivity index (χ3v) is 5.62. The van der Waals surface area contributed by atoms with Crippen LogP contribution < -0.4 is 5.73 Å². The first kappa shape index (κ1) is 18.0. The fourth-order valence-electron chi connectivity index (χ4n) is 4.38. The number of rotatable bonds is 6. The van der Waals surface area contributed by atoms with Crippen LogP contribution in [0.15, 0.2) is 24.3 Å². The Morgan fingerprint density at radius 1 is 1.37 bits per heavy atom. The fourth-order valence-corrected chi connectivity index (χ4v) is 4.38. The first-order valence-electron chi connectivity index (χ1n) is 9.25. The Morgan fingerprint density at radius 2 is 2.11 bits per heavy atom. The highest BCUT2D eigenvalue weighted by molar-refractivity contribution is 5.78. The van der Waals surface area contributed by atoms with Gasteiger partial charge in [0, 0.05) is 0 Å². The van der Waals surface area contributed by atoms with Crippen molar-refractivity contribution in [2.75, 3.05) is 0 Å². The predicted molar refractivity (Wildman–Crippen MR) is 94.6 cm³/mol. The Kier molecular flexibility index (Phi) is 4.42. The standard InChI is InChI=1S/C20H21F2N3O2/c1-2-4-16(19(23)26)27-20-8-7-11(10-20)12-9-15(24-25-18(12)20)17-13(21)5-3-6-14(17)22/h3,5-6,9,11,16H,2,4,7-8,10H2,1H3,(H2,23,26)/t11-,16-,20-/m1/s1. The number of carbonyl (C=O) groups is 1. The van der Waals surface area contributed by atoms with Gasteiger partial charge in [-0.15, -0.1) is 5.10 Å². The van der Waals surface area contributed by atoms with Crippen molar-refractivity contribution in [1.82, 2.24) is 10.2 Å². The first-order chi connectivity index (χ1) is 12.9. The fraction of sp³-hybridized carbons (Fsp3) is 0.450. The van der Waals surface area contributed by atoms with Crippen LogP contribution in [0.2, 0.25) is 0 Å². The van der Waals surface area contributed by atoms with E-state index in [0.717, 1.165) is 24.8 Å². The lowest BCUT2D eigenvalue weighted by Gasteiger charge is -2.31.